The Balaban J connectivity index is 1.50. The first-order valence-corrected chi connectivity index (χ1v) is 9.43. The molecule has 0 radical (unpaired) electrons. The second-order valence-electron chi connectivity index (χ2n) is 7.19. The average molecular weight is 371 g/mol. The van der Waals surface area contributed by atoms with E-state index in [9.17, 15) is 5.11 Å². The number of β-amino-alcohol motifs (C(OH)–C–C–N with tert-alkyl or cyclic N) is 1. The van der Waals surface area contributed by atoms with Crippen LogP contribution in [0.5, 0.6) is 5.75 Å². The number of hydrogen-bond acceptors (Lipinski definition) is 7. The molecule has 0 aliphatic carbocycles. The molecule has 1 aromatic carbocycles. The van der Waals surface area contributed by atoms with Crippen LogP contribution in [0.15, 0.2) is 36.7 Å². The fourth-order valence-electron chi connectivity index (χ4n) is 3.50. The molecule has 1 aromatic heterocycles. The number of nitrogens with zero attached hydrogens (tertiary/aromatic N) is 3. The number of hydrogen-bond donors (Lipinski definition) is 3. The van der Waals surface area contributed by atoms with Crippen LogP contribution in [0.1, 0.15) is 25.3 Å². The summed E-state index contributed by atoms with van der Waals surface area (Å²) in [7, 11) is 1.68. The van der Waals surface area contributed by atoms with E-state index in [1.165, 1.54) is 11.9 Å². The van der Waals surface area contributed by atoms with Crippen molar-refractivity contribution in [3.8, 4) is 5.75 Å². The molecule has 146 valence electrons. The number of methoxy groups -OCH3 is 1. The maximum absolute atomic E-state index is 10.1. The third-order valence-corrected chi connectivity index (χ3v) is 5.09. The molecule has 3 atom stereocenters. The third kappa shape index (κ3) is 5.30. The number of ether oxygens (including phenoxy) is 1. The van der Waals surface area contributed by atoms with Crippen LogP contribution in [0, 0.1) is 0 Å². The fourth-order valence-corrected chi connectivity index (χ4v) is 3.50. The quantitative estimate of drug-likeness (QED) is 0.649. The van der Waals surface area contributed by atoms with Gasteiger partial charge in [-0.15, -0.1) is 0 Å². The van der Waals surface area contributed by atoms with E-state index >= 15 is 0 Å². The number of nitrogens with one attached hydrogen (secondary N) is 1. The van der Waals surface area contributed by atoms with Crippen molar-refractivity contribution in [2.45, 2.75) is 44.4 Å². The van der Waals surface area contributed by atoms with E-state index < -0.39 is 0 Å². The van der Waals surface area contributed by atoms with Crippen LogP contribution in [0.3, 0.4) is 0 Å². The molecule has 0 saturated carbocycles. The van der Waals surface area contributed by atoms with Crippen LogP contribution >= 0.6 is 0 Å². The Morgan fingerprint density at radius 3 is 2.81 bits per heavy atom. The molecule has 2 heterocycles. The van der Waals surface area contributed by atoms with Crippen molar-refractivity contribution in [2.75, 3.05) is 30.8 Å². The van der Waals surface area contributed by atoms with E-state index in [4.69, 9.17) is 10.5 Å². The minimum atomic E-state index is -0.345. The molecule has 1 aliphatic rings. The lowest BCUT2D eigenvalue weighted by molar-refractivity contribution is 0.193. The Kier molecular flexibility index (Phi) is 6.47. The molecule has 0 spiro atoms. The van der Waals surface area contributed by atoms with E-state index in [1.54, 1.807) is 13.2 Å². The molecule has 1 aliphatic heterocycles. The van der Waals surface area contributed by atoms with E-state index in [1.807, 2.05) is 12.1 Å². The monoisotopic (exact) mass is 371 g/mol. The number of aliphatic hydroxyl groups is 1. The number of benzene rings is 1. The summed E-state index contributed by atoms with van der Waals surface area (Å²) < 4.78 is 5.20. The minimum Gasteiger partial charge on any atom is -0.497 e. The molecule has 7 nitrogen and oxygen atoms in total. The number of aromatic nitrogens is 2. The first-order chi connectivity index (χ1) is 13.0. The second kappa shape index (κ2) is 9.01. The highest BCUT2D eigenvalue weighted by atomic mass is 16.5. The summed E-state index contributed by atoms with van der Waals surface area (Å²) in [5, 5.41) is 13.7. The lowest BCUT2D eigenvalue weighted by atomic mass is 10.1. The van der Waals surface area contributed by atoms with Gasteiger partial charge in [0.25, 0.3) is 0 Å². The standard InChI is InChI=1S/C20H29N5O2/c1-14(3-4-15-5-7-18(27-2)8-6-15)22-11-16-9-17(26)12-25(16)20-10-19(21)23-13-24-20/h5-8,10,13-14,16-17,22,26H,3-4,9,11-12H2,1-2H3,(H2,21,23,24)/t14?,16-,17-/m1/s1. The van der Waals surface area contributed by atoms with Gasteiger partial charge in [-0.25, -0.2) is 9.97 Å². The van der Waals surface area contributed by atoms with Crippen molar-refractivity contribution in [3.05, 3.63) is 42.2 Å². The minimum absolute atomic E-state index is 0.192. The molecule has 1 unspecified atom stereocenters. The number of nitrogens with two attached hydrogens (primary N) is 1. The number of nitrogen functional groups attached to an aromatic ring is 1. The van der Waals surface area contributed by atoms with Crippen molar-refractivity contribution in [1.29, 1.82) is 0 Å². The van der Waals surface area contributed by atoms with Gasteiger partial charge >= 0.3 is 0 Å². The third-order valence-electron chi connectivity index (χ3n) is 5.09. The van der Waals surface area contributed by atoms with E-state index in [2.05, 4.69) is 39.2 Å². The maximum Gasteiger partial charge on any atom is 0.134 e. The summed E-state index contributed by atoms with van der Waals surface area (Å²) in [6.07, 6.45) is 3.90. The summed E-state index contributed by atoms with van der Waals surface area (Å²) in [6, 6.07) is 10.6. The van der Waals surface area contributed by atoms with Gasteiger partial charge in [-0.1, -0.05) is 12.1 Å². The molecule has 4 N–H and O–H groups in total. The summed E-state index contributed by atoms with van der Waals surface area (Å²) in [5.41, 5.74) is 7.08. The average Bonchev–Trinajstić information content (AvgIpc) is 3.06. The highest BCUT2D eigenvalue weighted by Crippen LogP contribution is 2.24. The van der Waals surface area contributed by atoms with E-state index in [-0.39, 0.29) is 12.1 Å². The van der Waals surface area contributed by atoms with Crippen LogP contribution in [0.4, 0.5) is 11.6 Å². The van der Waals surface area contributed by atoms with Crippen LogP contribution < -0.4 is 20.7 Å². The molecular weight excluding hydrogens is 342 g/mol. The van der Waals surface area contributed by atoms with Crippen molar-refractivity contribution in [2.24, 2.45) is 0 Å². The van der Waals surface area contributed by atoms with E-state index in [0.717, 1.165) is 37.4 Å². The van der Waals surface area contributed by atoms with Gasteiger partial charge in [0.05, 0.1) is 13.2 Å². The summed E-state index contributed by atoms with van der Waals surface area (Å²) in [6.45, 7) is 3.57. The summed E-state index contributed by atoms with van der Waals surface area (Å²) in [5.74, 6) is 2.10. The molecule has 1 saturated heterocycles. The van der Waals surface area contributed by atoms with Crippen LogP contribution in [-0.2, 0) is 6.42 Å². The van der Waals surface area contributed by atoms with Gasteiger partial charge in [0, 0.05) is 31.2 Å². The number of aliphatic hydroxyl groups excluding tert-OH is 1. The predicted molar refractivity (Wildman–Crippen MR) is 107 cm³/mol. The van der Waals surface area contributed by atoms with Crippen molar-refractivity contribution >= 4 is 11.6 Å². The Hall–Kier alpha value is -2.38. The fraction of sp³-hybridized carbons (Fsp3) is 0.500. The zero-order valence-corrected chi connectivity index (χ0v) is 16.0. The van der Waals surface area contributed by atoms with E-state index in [0.29, 0.717) is 18.4 Å². The summed E-state index contributed by atoms with van der Waals surface area (Å²) >= 11 is 0. The molecule has 0 amide bonds. The lowest BCUT2D eigenvalue weighted by Crippen LogP contribution is -2.41. The first kappa shape index (κ1) is 19.4. The van der Waals surface area contributed by atoms with Crippen LogP contribution in [-0.4, -0.2) is 53.5 Å². The Bertz CT molecular complexity index is 725. The zero-order chi connectivity index (χ0) is 19.2. The van der Waals surface area contributed by atoms with Gasteiger partial charge in [0.15, 0.2) is 0 Å². The highest BCUT2D eigenvalue weighted by molar-refractivity contribution is 5.48. The molecule has 7 heteroatoms. The van der Waals surface area contributed by atoms with Gasteiger partial charge in [0.2, 0.25) is 0 Å². The summed E-state index contributed by atoms with van der Waals surface area (Å²) in [4.78, 5) is 10.4. The molecule has 2 aromatic rings. The SMILES string of the molecule is COc1ccc(CCC(C)NC[C@H]2C[C@@H](O)CN2c2cc(N)ncn2)cc1. The van der Waals surface area contributed by atoms with Gasteiger partial charge in [-0.2, -0.15) is 0 Å². The zero-order valence-electron chi connectivity index (χ0n) is 16.0. The van der Waals surface area contributed by atoms with Crippen molar-refractivity contribution in [1.82, 2.24) is 15.3 Å². The number of rotatable bonds is 8. The molecule has 1 fully saturated rings. The first-order valence-electron chi connectivity index (χ1n) is 9.43. The Morgan fingerprint density at radius 2 is 2.11 bits per heavy atom. The molecule has 0 bridgehead atoms. The molecular formula is C20H29N5O2. The maximum atomic E-state index is 10.1. The predicted octanol–water partition coefficient (Wildman–Crippen LogP) is 1.62. The van der Waals surface area contributed by atoms with Crippen molar-refractivity contribution in [3.63, 3.8) is 0 Å². The smallest absolute Gasteiger partial charge is 0.134 e. The highest BCUT2D eigenvalue weighted by Gasteiger charge is 2.31. The van der Waals surface area contributed by atoms with Crippen LogP contribution in [0.25, 0.3) is 0 Å². The molecule has 27 heavy (non-hydrogen) atoms. The van der Waals surface area contributed by atoms with Crippen LogP contribution in [0.2, 0.25) is 0 Å². The Morgan fingerprint density at radius 1 is 1.33 bits per heavy atom. The van der Waals surface area contributed by atoms with Gasteiger partial charge < -0.3 is 25.8 Å². The van der Waals surface area contributed by atoms with Crippen molar-refractivity contribution < 1.29 is 9.84 Å². The Labute approximate surface area is 160 Å². The number of anilines is 2. The second-order valence-corrected chi connectivity index (χ2v) is 7.19. The normalized spacial score (nSPS) is 20.6. The van der Waals surface area contributed by atoms with Gasteiger partial charge in [-0.3, -0.25) is 0 Å². The largest absolute Gasteiger partial charge is 0.497 e. The molecule has 3 rings (SSSR count). The van der Waals surface area contributed by atoms with Gasteiger partial charge in [0.1, 0.15) is 23.7 Å². The number of aryl methyl sites for hydroxylation is 1. The van der Waals surface area contributed by atoms with Gasteiger partial charge in [-0.05, 0) is 43.9 Å². The lowest BCUT2D eigenvalue weighted by Gasteiger charge is -2.27. The topological polar surface area (TPSA) is 96.5 Å².